The van der Waals surface area contributed by atoms with Gasteiger partial charge in [0.05, 0.1) is 5.75 Å². The molecule has 162 valence electrons. The maximum Gasteiger partial charge on any atom is 0.242 e. The molecule has 2 amide bonds. The van der Waals surface area contributed by atoms with Crippen molar-refractivity contribution in [1.82, 2.24) is 10.2 Å². The lowest BCUT2D eigenvalue weighted by atomic mass is 10.1. The number of amides is 2. The Morgan fingerprint density at radius 1 is 1.13 bits per heavy atom. The molecule has 1 atom stereocenters. The molecule has 0 spiro atoms. The van der Waals surface area contributed by atoms with Gasteiger partial charge in [0, 0.05) is 22.9 Å². The highest BCUT2D eigenvalue weighted by Gasteiger charge is 2.28. The molecule has 0 aliphatic rings. The highest BCUT2D eigenvalue weighted by molar-refractivity contribution is 7.99. The van der Waals surface area contributed by atoms with Crippen molar-refractivity contribution < 1.29 is 14.0 Å². The van der Waals surface area contributed by atoms with Gasteiger partial charge in [-0.3, -0.25) is 9.59 Å². The first-order chi connectivity index (χ1) is 14.0. The summed E-state index contributed by atoms with van der Waals surface area (Å²) in [5, 5.41) is 3.58. The number of hydrogen-bond acceptors (Lipinski definition) is 3. The Balaban J connectivity index is 2.09. The minimum atomic E-state index is -0.659. The summed E-state index contributed by atoms with van der Waals surface area (Å²) in [6, 6.07) is 12.8. The van der Waals surface area contributed by atoms with Crippen LogP contribution >= 0.6 is 23.4 Å². The summed E-state index contributed by atoms with van der Waals surface area (Å²) in [5.74, 6) is 0.146. The average Bonchev–Trinajstić information content (AvgIpc) is 2.65. The van der Waals surface area contributed by atoms with E-state index >= 15 is 0 Å². The van der Waals surface area contributed by atoms with E-state index in [-0.39, 0.29) is 29.9 Å². The molecule has 0 aromatic heterocycles. The molecule has 2 rings (SSSR count). The van der Waals surface area contributed by atoms with Gasteiger partial charge in [0.15, 0.2) is 0 Å². The predicted molar refractivity (Wildman–Crippen MR) is 122 cm³/mol. The largest absolute Gasteiger partial charge is 0.350 e. The van der Waals surface area contributed by atoms with E-state index in [0.717, 1.165) is 11.1 Å². The van der Waals surface area contributed by atoms with Crippen LogP contribution in [0.2, 0.25) is 5.02 Å². The fourth-order valence-electron chi connectivity index (χ4n) is 2.81. The van der Waals surface area contributed by atoms with Gasteiger partial charge in [0.25, 0.3) is 0 Å². The number of carbonyl (C=O) groups excluding carboxylic acids is 2. The van der Waals surface area contributed by atoms with E-state index in [2.05, 4.69) is 5.32 Å². The predicted octanol–water partition coefficient (Wildman–Crippen LogP) is 5.04. The second-order valence-corrected chi connectivity index (χ2v) is 9.61. The molecular formula is C23H28ClFN2O2S. The van der Waals surface area contributed by atoms with Crippen molar-refractivity contribution in [2.75, 3.05) is 5.75 Å². The van der Waals surface area contributed by atoms with Crippen LogP contribution in [-0.2, 0) is 21.9 Å². The van der Waals surface area contributed by atoms with Crippen LogP contribution in [0.25, 0.3) is 0 Å². The zero-order valence-electron chi connectivity index (χ0n) is 17.7. The van der Waals surface area contributed by atoms with Crippen molar-refractivity contribution >= 4 is 35.2 Å². The zero-order valence-corrected chi connectivity index (χ0v) is 19.3. The number of nitrogens with one attached hydrogen (secondary N) is 1. The molecule has 0 aliphatic heterocycles. The third-order valence-corrected chi connectivity index (χ3v) is 5.54. The molecule has 30 heavy (non-hydrogen) atoms. The molecule has 2 aromatic carbocycles. The van der Waals surface area contributed by atoms with Gasteiger partial charge in [0.1, 0.15) is 11.9 Å². The van der Waals surface area contributed by atoms with Crippen LogP contribution in [0.1, 0.15) is 38.8 Å². The van der Waals surface area contributed by atoms with Crippen LogP contribution in [-0.4, -0.2) is 34.0 Å². The third-order valence-electron chi connectivity index (χ3n) is 4.31. The summed E-state index contributed by atoms with van der Waals surface area (Å²) in [6.07, 6.45) is 0. The van der Waals surface area contributed by atoms with Crippen molar-refractivity contribution in [3.63, 3.8) is 0 Å². The molecular weight excluding hydrogens is 423 g/mol. The molecule has 0 fully saturated rings. The SMILES string of the molecule is C[C@H](C(=O)NC(C)(C)C)N(Cc1ccc(F)cc1)C(=O)CSCc1cccc(Cl)c1. The van der Waals surface area contributed by atoms with Gasteiger partial charge in [-0.1, -0.05) is 35.9 Å². The molecule has 2 aromatic rings. The van der Waals surface area contributed by atoms with Crippen LogP contribution < -0.4 is 5.32 Å². The molecule has 4 nitrogen and oxygen atoms in total. The Bertz CT molecular complexity index is 868. The molecule has 0 bridgehead atoms. The van der Waals surface area contributed by atoms with Crippen molar-refractivity contribution in [3.05, 3.63) is 70.5 Å². The lowest BCUT2D eigenvalue weighted by Crippen LogP contribution is -2.52. The van der Waals surface area contributed by atoms with Gasteiger partial charge in [-0.15, -0.1) is 11.8 Å². The Morgan fingerprint density at radius 2 is 1.80 bits per heavy atom. The minimum Gasteiger partial charge on any atom is -0.350 e. The van der Waals surface area contributed by atoms with Gasteiger partial charge >= 0.3 is 0 Å². The Hall–Kier alpha value is -2.05. The smallest absolute Gasteiger partial charge is 0.242 e. The fourth-order valence-corrected chi connectivity index (χ4v) is 3.88. The number of thioether (sulfide) groups is 1. The molecule has 0 unspecified atom stereocenters. The first kappa shape index (κ1) is 24.2. The standard InChI is InChI=1S/C23H28ClFN2O2S/c1-16(22(29)26-23(2,3)4)27(13-17-8-10-20(25)11-9-17)21(28)15-30-14-18-6-5-7-19(24)12-18/h5-12,16H,13-15H2,1-4H3,(H,26,29)/t16-/m1/s1. The van der Waals surface area contributed by atoms with Crippen molar-refractivity contribution in [3.8, 4) is 0 Å². The molecule has 0 saturated carbocycles. The second kappa shape index (κ2) is 10.8. The lowest BCUT2D eigenvalue weighted by molar-refractivity contribution is -0.139. The Kier molecular flexibility index (Phi) is 8.74. The Labute approximate surface area is 187 Å². The average molecular weight is 451 g/mol. The van der Waals surface area contributed by atoms with E-state index in [1.165, 1.54) is 23.9 Å². The maximum absolute atomic E-state index is 13.3. The summed E-state index contributed by atoms with van der Waals surface area (Å²) < 4.78 is 13.3. The van der Waals surface area contributed by atoms with E-state index < -0.39 is 11.6 Å². The minimum absolute atomic E-state index is 0.150. The van der Waals surface area contributed by atoms with E-state index in [1.807, 2.05) is 39.0 Å². The second-order valence-electron chi connectivity index (χ2n) is 8.19. The van der Waals surface area contributed by atoms with E-state index in [0.29, 0.717) is 10.8 Å². The molecule has 0 saturated heterocycles. The fraction of sp³-hybridized carbons (Fsp3) is 0.391. The normalized spacial score (nSPS) is 12.3. The van der Waals surface area contributed by atoms with E-state index in [4.69, 9.17) is 11.6 Å². The maximum atomic E-state index is 13.3. The first-order valence-corrected chi connectivity index (χ1v) is 11.3. The Morgan fingerprint density at radius 3 is 2.40 bits per heavy atom. The summed E-state index contributed by atoms with van der Waals surface area (Å²) in [6.45, 7) is 7.62. The van der Waals surface area contributed by atoms with Crippen LogP contribution in [0, 0.1) is 5.82 Å². The van der Waals surface area contributed by atoms with Gasteiger partial charge in [-0.25, -0.2) is 4.39 Å². The zero-order chi connectivity index (χ0) is 22.3. The third kappa shape index (κ3) is 8.00. The quantitative estimate of drug-likeness (QED) is 0.612. The molecule has 0 aliphatic carbocycles. The molecule has 1 N–H and O–H groups in total. The summed E-state index contributed by atoms with van der Waals surface area (Å²) in [4.78, 5) is 27.2. The van der Waals surface area contributed by atoms with E-state index in [1.54, 1.807) is 30.0 Å². The monoisotopic (exact) mass is 450 g/mol. The number of benzene rings is 2. The highest BCUT2D eigenvalue weighted by Crippen LogP contribution is 2.19. The van der Waals surface area contributed by atoms with Crippen LogP contribution in [0.4, 0.5) is 4.39 Å². The van der Waals surface area contributed by atoms with Gasteiger partial charge < -0.3 is 10.2 Å². The van der Waals surface area contributed by atoms with Crippen LogP contribution in [0.5, 0.6) is 0 Å². The van der Waals surface area contributed by atoms with E-state index in [9.17, 15) is 14.0 Å². The summed E-state index contributed by atoms with van der Waals surface area (Å²) in [5.41, 5.74) is 1.39. The van der Waals surface area contributed by atoms with Gasteiger partial charge in [-0.2, -0.15) is 0 Å². The summed E-state index contributed by atoms with van der Waals surface area (Å²) >= 11 is 7.48. The number of rotatable bonds is 8. The number of hydrogen-bond donors (Lipinski definition) is 1. The van der Waals surface area contributed by atoms with Gasteiger partial charge in [0.2, 0.25) is 11.8 Å². The summed E-state index contributed by atoms with van der Waals surface area (Å²) in [7, 11) is 0. The lowest BCUT2D eigenvalue weighted by Gasteiger charge is -2.31. The molecule has 7 heteroatoms. The molecule has 0 radical (unpaired) electrons. The number of nitrogens with zero attached hydrogens (tertiary/aromatic N) is 1. The van der Waals surface area contributed by atoms with Gasteiger partial charge in [-0.05, 0) is 63.1 Å². The molecule has 0 heterocycles. The van der Waals surface area contributed by atoms with Crippen LogP contribution in [0.3, 0.4) is 0 Å². The van der Waals surface area contributed by atoms with Crippen molar-refractivity contribution in [1.29, 1.82) is 0 Å². The first-order valence-electron chi connectivity index (χ1n) is 9.73. The number of halogens is 2. The topological polar surface area (TPSA) is 49.4 Å². The number of carbonyl (C=O) groups is 2. The van der Waals surface area contributed by atoms with Crippen LogP contribution in [0.15, 0.2) is 48.5 Å². The van der Waals surface area contributed by atoms with Crippen molar-refractivity contribution in [2.45, 2.75) is 51.6 Å². The van der Waals surface area contributed by atoms with Crippen molar-refractivity contribution in [2.24, 2.45) is 0 Å². The highest BCUT2D eigenvalue weighted by atomic mass is 35.5.